The van der Waals surface area contributed by atoms with E-state index in [1.807, 2.05) is 13.8 Å². The highest BCUT2D eigenvalue weighted by molar-refractivity contribution is 5.92. The highest BCUT2D eigenvalue weighted by Crippen LogP contribution is 2.06. The Kier molecular flexibility index (Phi) is 4.98. The third-order valence-electron chi connectivity index (χ3n) is 2.08. The first-order valence-electron chi connectivity index (χ1n) is 5.42. The van der Waals surface area contributed by atoms with Gasteiger partial charge in [0.1, 0.15) is 5.76 Å². The number of methoxy groups -OCH3 is 1. The summed E-state index contributed by atoms with van der Waals surface area (Å²) >= 11 is 0. The first-order chi connectivity index (χ1) is 7.67. The quantitative estimate of drug-likeness (QED) is 0.796. The summed E-state index contributed by atoms with van der Waals surface area (Å²) < 4.78 is 9.95. The third kappa shape index (κ3) is 3.66. The van der Waals surface area contributed by atoms with Crippen LogP contribution in [0.2, 0.25) is 0 Å². The van der Waals surface area contributed by atoms with Gasteiger partial charge in [-0.3, -0.25) is 4.79 Å². The number of amides is 1. The highest BCUT2D eigenvalue weighted by atomic mass is 16.5. The average molecular weight is 226 g/mol. The Labute approximate surface area is 95.1 Å². The summed E-state index contributed by atoms with van der Waals surface area (Å²) in [6.07, 6.45) is 1.77. The number of hydrogen-bond donors (Lipinski definition) is 1. The topological polar surface area (TPSA) is 64.4 Å². The zero-order valence-electron chi connectivity index (χ0n) is 9.95. The van der Waals surface area contributed by atoms with E-state index in [9.17, 15) is 4.79 Å². The van der Waals surface area contributed by atoms with Crippen LogP contribution in [0.25, 0.3) is 0 Å². The van der Waals surface area contributed by atoms with Crippen LogP contribution in [0.15, 0.2) is 10.6 Å². The van der Waals surface area contributed by atoms with E-state index in [-0.39, 0.29) is 11.9 Å². The molecule has 5 nitrogen and oxygen atoms in total. The van der Waals surface area contributed by atoms with Crippen molar-refractivity contribution >= 4 is 5.91 Å². The minimum absolute atomic E-state index is 0.0381. The van der Waals surface area contributed by atoms with Crippen LogP contribution in [-0.2, 0) is 11.2 Å². The summed E-state index contributed by atoms with van der Waals surface area (Å²) in [5, 5.41) is 6.49. The summed E-state index contributed by atoms with van der Waals surface area (Å²) in [7, 11) is 1.60. The molecule has 1 N–H and O–H groups in total. The van der Waals surface area contributed by atoms with Gasteiger partial charge in [-0.1, -0.05) is 12.1 Å². The maximum atomic E-state index is 11.7. The molecule has 0 aliphatic rings. The van der Waals surface area contributed by atoms with Crippen molar-refractivity contribution in [1.29, 1.82) is 0 Å². The first-order valence-corrected chi connectivity index (χ1v) is 5.42. The highest BCUT2D eigenvalue weighted by Gasteiger charge is 2.14. The third-order valence-corrected chi connectivity index (χ3v) is 2.08. The Morgan fingerprint density at radius 2 is 2.44 bits per heavy atom. The molecule has 1 atom stereocenters. The van der Waals surface area contributed by atoms with Crippen molar-refractivity contribution in [1.82, 2.24) is 10.5 Å². The lowest BCUT2D eigenvalue weighted by molar-refractivity contribution is 0.0896. The Morgan fingerprint density at radius 1 is 1.69 bits per heavy atom. The maximum Gasteiger partial charge on any atom is 0.273 e. The number of aromatic nitrogens is 1. The molecule has 16 heavy (non-hydrogen) atoms. The lowest BCUT2D eigenvalue weighted by Gasteiger charge is -2.10. The molecule has 1 aromatic heterocycles. The van der Waals surface area contributed by atoms with Crippen molar-refractivity contribution in [3.8, 4) is 0 Å². The molecular formula is C11H18N2O3. The van der Waals surface area contributed by atoms with Crippen molar-refractivity contribution in [3.05, 3.63) is 17.5 Å². The second-order valence-electron chi connectivity index (χ2n) is 3.76. The molecule has 0 spiro atoms. The molecule has 0 aromatic carbocycles. The van der Waals surface area contributed by atoms with Crippen LogP contribution in [0.1, 0.15) is 36.5 Å². The first kappa shape index (κ1) is 12.7. The fourth-order valence-electron chi connectivity index (χ4n) is 1.37. The molecule has 1 rings (SSSR count). The van der Waals surface area contributed by atoms with E-state index in [2.05, 4.69) is 10.5 Å². The molecule has 1 heterocycles. The molecule has 0 aliphatic heterocycles. The minimum atomic E-state index is -0.226. The number of hydrogen-bond acceptors (Lipinski definition) is 4. The molecule has 1 aromatic rings. The normalized spacial score (nSPS) is 12.4. The van der Waals surface area contributed by atoms with Crippen LogP contribution in [0.5, 0.6) is 0 Å². The van der Waals surface area contributed by atoms with E-state index >= 15 is 0 Å². The second-order valence-corrected chi connectivity index (χ2v) is 3.76. The van der Waals surface area contributed by atoms with Gasteiger partial charge in [0.2, 0.25) is 0 Å². The Morgan fingerprint density at radius 3 is 3.06 bits per heavy atom. The average Bonchev–Trinajstić information content (AvgIpc) is 2.67. The van der Waals surface area contributed by atoms with Crippen LogP contribution < -0.4 is 5.32 Å². The molecule has 0 fully saturated rings. The number of rotatable bonds is 6. The number of aryl methyl sites for hydroxylation is 1. The van der Waals surface area contributed by atoms with Gasteiger partial charge < -0.3 is 14.6 Å². The number of nitrogens with one attached hydrogen (secondary N) is 1. The molecule has 0 radical (unpaired) electrons. The molecule has 0 bridgehead atoms. The second kappa shape index (κ2) is 6.27. The summed E-state index contributed by atoms with van der Waals surface area (Å²) in [4.78, 5) is 11.7. The zero-order chi connectivity index (χ0) is 12.0. The summed E-state index contributed by atoms with van der Waals surface area (Å²) in [5.74, 6) is 0.516. The van der Waals surface area contributed by atoms with Crippen LogP contribution in [0, 0.1) is 0 Å². The Hall–Kier alpha value is -1.36. The monoisotopic (exact) mass is 226 g/mol. The van der Waals surface area contributed by atoms with Gasteiger partial charge in [0, 0.05) is 25.6 Å². The number of ether oxygens (including phenoxy) is 1. The van der Waals surface area contributed by atoms with Gasteiger partial charge in [-0.15, -0.1) is 0 Å². The maximum absolute atomic E-state index is 11.7. The molecule has 0 saturated heterocycles. The summed E-state index contributed by atoms with van der Waals surface area (Å²) in [6, 6.07) is 1.64. The van der Waals surface area contributed by atoms with Crippen LogP contribution in [0.3, 0.4) is 0 Å². The zero-order valence-corrected chi connectivity index (χ0v) is 9.95. The van der Waals surface area contributed by atoms with E-state index < -0.39 is 0 Å². The Bertz CT molecular complexity index is 336. The van der Waals surface area contributed by atoms with Gasteiger partial charge in [-0.25, -0.2) is 0 Å². The predicted octanol–water partition coefficient (Wildman–Crippen LogP) is 1.39. The van der Waals surface area contributed by atoms with Gasteiger partial charge in [-0.2, -0.15) is 0 Å². The number of carbonyl (C=O) groups is 1. The smallest absolute Gasteiger partial charge is 0.273 e. The van der Waals surface area contributed by atoms with Crippen LogP contribution in [0.4, 0.5) is 0 Å². The summed E-state index contributed by atoms with van der Waals surface area (Å²) in [5.41, 5.74) is 0.325. The van der Waals surface area contributed by atoms with E-state index in [0.717, 1.165) is 18.6 Å². The van der Waals surface area contributed by atoms with Crippen LogP contribution in [-0.4, -0.2) is 30.8 Å². The van der Waals surface area contributed by atoms with Gasteiger partial charge in [0.15, 0.2) is 5.69 Å². The van der Waals surface area contributed by atoms with Gasteiger partial charge in [0.25, 0.3) is 5.91 Å². The van der Waals surface area contributed by atoms with Crippen molar-refractivity contribution in [2.75, 3.05) is 13.7 Å². The lowest BCUT2D eigenvalue weighted by Crippen LogP contribution is -2.35. The fourth-order valence-corrected chi connectivity index (χ4v) is 1.37. The van der Waals surface area contributed by atoms with Gasteiger partial charge in [0.05, 0.1) is 6.61 Å². The largest absolute Gasteiger partial charge is 0.383 e. The molecule has 0 unspecified atom stereocenters. The van der Waals surface area contributed by atoms with Crippen molar-refractivity contribution < 1.29 is 14.1 Å². The predicted molar refractivity (Wildman–Crippen MR) is 59.3 cm³/mol. The van der Waals surface area contributed by atoms with E-state index in [1.54, 1.807) is 13.2 Å². The molecule has 5 heteroatoms. The van der Waals surface area contributed by atoms with Crippen molar-refractivity contribution in [2.45, 2.75) is 32.7 Å². The van der Waals surface area contributed by atoms with Crippen molar-refractivity contribution in [3.63, 3.8) is 0 Å². The SMILES string of the molecule is CCCc1cc(C(=O)N[C@H](C)COC)no1. The lowest BCUT2D eigenvalue weighted by atomic mass is 10.2. The van der Waals surface area contributed by atoms with Crippen LogP contribution >= 0.6 is 0 Å². The minimum Gasteiger partial charge on any atom is -0.383 e. The summed E-state index contributed by atoms with van der Waals surface area (Å²) in [6.45, 7) is 4.39. The number of carbonyl (C=O) groups excluding carboxylic acids is 1. The number of nitrogens with zero attached hydrogens (tertiary/aromatic N) is 1. The molecule has 0 saturated carbocycles. The van der Waals surface area contributed by atoms with E-state index in [1.165, 1.54) is 0 Å². The van der Waals surface area contributed by atoms with E-state index in [4.69, 9.17) is 9.26 Å². The molecule has 1 amide bonds. The van der Waals surface area contributed by atoms with Gasteiger partial charge in [-0.05, 0) is 13.3 Å². The standard InChI is InChI=1S/C11H18N2O3/c1-4-5-9-6-10(13-16-9)11(14)12-8(2)7-15-3/h6,8H,4-5,7H2,1-3H3,(H,12,14)/t8-/m1/s1. The fraction of sp³-hybridized carbons (Fsp3) is 0.636. The molecule has 0 aliphatic carbocycles. The van der Waals surface area contributed by atoms with Crippen molar-refractivity contribution in [2.24, 2.45) is 0 Å². The van der Waals surface area contributed by atoms with Gasteiger partial charge >= 0.3 is 0 Å². The molecule has 90 valence electrons. The Balaban J connectivity index is 2.52. The van der Waals surface area contributed by atoms with E-state index in [0.29, 0.717) is 12.3 Å². The molecular weight excluding hydrogens is 208 g/mol.